The average molecular weight is 790 g/mol. The van der Waals surface area contributed by atoms with Crippen LogP contribution in [0.5, 0.6) is 0 Å². The molecule has 26 heteroatoms. The second kappa shape index (κ2) is 16.9. The quantitative estimate of drug-likeness (QED) is 0.0479. The molecule has 3 aromatic rings. The molecule has 3 aromatic heterocycles. The molecule has 0 bridgehead atoms. The Kier molecular flexibility index (Phi) is 12.7. The number of aliphatic hydroxyl groups excluding tert-OH is 1. The molecule has 2 aliphatic rings. The van der Waals surface area contributed by atoms with Crippen molar-refractivity contribution in [3.05, 3.63) is 48.1 Å². The van der Waals surface area contributed by atoms with Crippen molar-refractivity contribution >= 4 is 50.3 Å². The van der Waals surface area contributed by atoms with Gasteiger partial charge in [0.1, 0.15) is 48.3 Å². The molecular weight excluding hydrogens is 752 g/mol. The Morgan fingerprint density at radius 3 is 2.55 bits per heavy atom. The molecule has 5 heterocycles. The van der Waals surface area contributed by atoms with Crippen molar-refractivity contribution in [1.29, 1.82) is 0 Å². The molecule has 0 aliphatic carbocycles. The number of ether oxygens (including phenoxy) is 3. The molecule has 0 radical (unpaired) electrons. The van der Waals surface area contributed by atoms with E-state index >= 15 is 0 Å². The highest BCUT2D eigenvalue weighted by Crippen LogP contribution is 2.50. The number of aliphatic hydroxyl groups is 1. The summed E-state index contributed by atoms with van der Waals surface area (Å²) in [5, 5.41) is 13.9. The Balaban J connectivity index is 1.30. The number of allylic oxidation sites excluding steroid dienone is 1. The first-order chi connectivity index (χ1) is 25.0. The van der Waals surface area contributed by atoms with Gasteiger partial charge in [-0.25, -0.2) is 28.9 Å². The van der Waals surface area contributed by atoms with Gasteiger partial charge in [-0.05, 0) is 12.5 Å². The summed E-state index contributed by atoms with van der Waals surface area (Å²) in [6.07, 6.45) is -4.85. The van der Waals surface area contributed by atoms with Crippen LogP contribution in [-0.2, 0) is 46.5 Å². The van der Waals surface area contributed by atoms with Crippen LogP contribution in [0.4, 0.5) is 11.6 Å². The molecule has 8 atom stereocenters. The van der Waals surface area contributed by atoms with Crippen LogP contribution in [0.2, 0.25) is 0 Å². The van der Waals surface area contributed by atoms with E-state index in [-0.39, 0.29) is 54.5 Å². The fourth-order valence-electron chi connectivity index (χ4n) is 5.44. The number of carbonyl (C=O) groups excluding carboxylic acids is 2. The second-order valence-electron chi connectivity index (χ2n) is 11.6. The van der Waals surface area contributed by atoms with Crippen molar-refractivity contribution in [2.75, 3.05) is 31.2 Å². The summed E-state index contributed by atoms with van der Waals surface area (Å²) in [5.41, 5.74) is 10.9. The van der Waals surface area contributed by atoms with Crippen molar-refractivity contribution in [2.45, 2.75) is 68.7 Å². The summed E-state index contributed by atoms with van der Waals surface area (Å²) in [4.78, 5) is 82.0. The second-order valence-corrected chi connectivity index (χ2v) is 14.3. The van der Waals surface area contributed by atoms with Gasteiger partial charge in [0.2, 0.25) is 5.91 Å². The lowest BCUT2D eigenvalue weighted by molar-refractivity contribution is -0.156. The third-order valence-electron chi connectivity index (χ3n) is 7.88. The summed E-state index contributed by atoms with van der Waals surface area (Å²) in [5.74, 6) is -1.27. The maximum atomic E-state index is 13.3. The van der Waals surface area contributed by atoms with Crippen LogP contribution >= 0.6 is 15.6 Å². The molecule has 290 valence electrons. The van der Waals surface area contributed by atoms with Crippen LogP contribution in [-0.4, -0.2) is 111 Å². The zero-order valence-corrected chi connectivity index (χ0v) is 29.4. The summed E-state index contributed by atoms with van der Waals surface area (Å²) >= 11 is 0. The molecule has 53 heavy (non-hydrogen) atoms. The fraction of sp³-hybridized carbons (Fsp3) is 0.519. The number of amides is 1. The van der Waals surface area contributed by atoms with Crippen LogP contribution in [0.25, 0.3) is 11.2 Å². The Labute approximate surface area is 298 Å². The largest absolute Gasteiger partial charge is 0.472 e. The van der Waals surface area contributed by atoms with Gasteiger partial charge < -0.3 is 50.8 Å². The fourth-order valence-corrected chi connectivity index (χ4v) is 6.74. The van der Waals surface area contributed by atoms with E-state index in [1.54, 1.807) is 6.08 Å². The molecule has 24 nitrogen and oxygen atoms in total. The van der Waals surface area contributed by atoms with E-state index in [4.69, 9.17) is 34.7 Å². The lowest BCUT2D eigenvalue weighted by Crippen LogP contribution is -2.39. The first-order valence-electron chi connectivity index (χ1n) is 15.7. The van der Waals surface area contributed by atoms with E-state index in [0.29, 0.717) is 6.42 Å². The number of hydrogen-bond acceptors (Lipinski definition) is 18. The molecule has 0 saturated carbocycles. The van der Waals surface area contributed by atoms with Crippen LogP contribution in [0.15, 0.2) is 42.4 Å². The number of hydrogen-bond donors (Lipinski definition) is 7. The Morgan fingerprint density at radius 1 is 1.08 bits per heavy atom. The first-order valence-corrected chi connectivity index (χ1v) is 18.8. The molecule has 0 aromatic carbocycles. The van der Waals surface area contributed by atoms with Gasteiger partial charge in [-0.15, -0.1) is 6.58 Å². The third-order valence-corrected chi connectivity index (χ3v) is 9.38. The number of aromatic nitrogens is 6. The van der Waals surface area contributed by atoms with Gasteiger partial charge in [-0.1, -0.05) is 6.08 Å². The van der Waals surface area contributed by atoms with Gasteiger partial charge >= 0.3 is 27.3 Å². The number of carbonyl (C=O) groups is 2. The summed E-state index contributed by atoms with van der Waals surface area (Å²) in [6.45, 7) is 1.78. The van der Waals surface area contributed by atoms with E-state index in [0.717, 1.165) is 10.9 Å². The van der Waals surface area contributed by atoms with Gasteiger partial charge in [0.15, 0.2) is 23.8 Å². The lowest BCUT2D eigenvalue weighted by Gasteiger charge is -2.24. The number of phosphoric ester groups is 2. The van der Waals surface area contributed by atoms with E-state index in [1.807, 2.05) is 0 Å². The molecule has 0 spiro atoms. The zero-order chi connectivity index (χ0) is 38.5. The minimum Gasteiger partial charge on any atom is -0.456 e. The number of nitrogens with two attached hydrogens (primary N) is 2. The van der Waals surface area contributed by atoms with Crippen molar-refractivity contribution < 1.29 is 66.3 Å². The standard InChI is InChI=1S/C27H37N9O15P2/c1-2-3-4-18(37)30-7-5-20(38)50-23-16(49-26(22(23)39)36-13-33-21-24(29)31-12-32-25(21)36)11-47-53(44,45)51-14-9-19(35-8-6-17(28)34-27(35)40)48-15(14)10-46-52(41,42)43/h2,6,8,12-16,19,22-23,26,39H,1,3-5,7,9-11H2,(H,30,37)(H,44,45)(H2,28,34,40)(H2,29,31,32)(H2,41,42,43)/t14-,15+,16?,19+,22?,23?,26?/m0/s1. The van der Waals surface area contributed by atoms with Gasteiger partial charge in [-0.2, -0.15) is 4.98 Å². The minimum atomic E-state index is -5.14. The molecule has 5 unspecified atom stereocenters. The number of phosphoric acid groups is 2. The van der Waals surface area contributed by atoms with Gasteiger partial charge in [0.25, 0.3) is 0 Å². The van der Waals surface area contributed by atoms with Crippen LogP contribution in [0, 0.1) is 0 Å². The highest BCUT2D eigenvalue weighted by Gasteiger charge is 2.49. The summed E-state index contributed by atoms with van der Waals surface area (Å²) in [6, 6.07) is 1.28. The molecular formula is C27H37N9O15P2. The van der Waals surface area contributed by atoms with E-state index in [1.165, 1.54) is 23.2 Å². The Bertz CT molecular complexity index is 1960. The number of rotatable bonds is 17. The minimum absolute atomic E-state index is 0.0257. The van der Waals surface area contributed by atoms with Crippen LogP contribution < -0.4 is 22.5 Å². The zero-order valence-electron chi connectivity index (χ0n) is 27.6. The van der Waals surface area contributed by atoms with E-state index in [9.17, 15) is 43.3 Å². The SMILES string of the molecule is C=CCCC(=O)NCCC(=O)OC1C(COP(=O)(O)O[C@H]2C[C@H](n3ccc(N)nc3=O)O[C@@H]2COP(=O)(O)O)OC(n2cnc3c(N)ncnc32)C1O. The maximum absolute atomic E-state index is 13.3. The molecule has 2 aliphatic heterocycles. The first kappa shape index (κ1) is 40.0. The molecule has 5 rings (SSSR count). The predicted molar refractivity (Wildman–Crippen MR) is 177 cm³/mol. The number of nitrogens with zero attached hydrogens (tertiary/aromatic N) is 6. The van der Waals surface area contributed by atoms with Crippen molar-refractivity contribution in [2.24, 2.45) is 0 Å². The smallest absolute Gasteiger partial charge is 0.456 e. The normalized spacial score (nSPS) is 25.6. The highest BCUT2D eigenvalue weighted by atomic mass is 31.2. The summed E-state index contributed by atoms with van der Waals surface area (Å²) < 4.78 is 59.1. The molecule has 9 N–H and O–H groups in total. The van der Waals surface area contributed by atoms with Crippen molar-refractivity contribution in [3.63, 3.8) is 0 Å². The molecule has 1 amide bonds. The van der Waals surface area contributed by atoms with Gasteiger partial charge in [-0.3, -0.25) is 32.3 Å². The van der Waals surface area contributed by atoms with E-state index < -0.39 is 83.5 Å². The topological polar surface area (TPSA) is 347 Å². The number of nitrogen functional groups attached to an aromatic ring is 2. The average Bonchev–Trinajstić information content (AvgIpc) is 3.77. The Hall–Kier alpha value is -4.19. The summed E-state index contributed by atoms with van der Waals surface area (Å²) in [7, 11) is -10.2. The number of imidazole rings is 1. The third kappa shape index (κ3) is 10.3. The highest BCUT2D eigenvalue weighted by molar-refractivity contribution is 7.47. The van der Waals surface area contributed by atoms with Crippen LogP contribution in [0.1, 0.15) is 38.1 Å². The van der Waals surface area contributed by atoms with E-state index in [2.05, 4.69) is 36.4 Å². The monoisotopic (exact) mass is 789 g/mol. The lowest BCUT2D eigenvalue weighted by atomic mass is 10.1. The predicted octanol–water partition coefficient (Wildman–Crippen LogP) is -1.21. The Morgan fingerprint density at radius 2 is 1.83 bits per heavy atom. The number of anilines is 2. The van der Waals surface area contributed by atoms with Crippen molar-refractivity contribution in [3.8, 4) is 0 Å². The number of nitrogens with one attached hydrogen (secondary N) is 1. The molecule has 2 fully saturated rings. The maximum Gasteiger partial charge on any atom is 0.472 e. The van der Waals surface area contributed by atoms with Crippen LogP contribution in [0.3, 0.4) is 0 Å². The molecule has 2 saturated heterocycles. The van der Waals surface area contributed by atoms with Crippen molar-refractivity contribution in [1.82, 2.24) is 34.4 Å². The number of fused-ring (bicyclic) bond motifs is 1. The van der Waals surface area contributed by atoms with Gasteiger partial charge in [0.05, 0.1) is 26.0 Å². The van der Waals surface area contributed by atoms with Gasteiger partial charge in [0, 0.05) is 25.6 Å². The number of esters is 1.